The quantitative estimate of drug-likeness (QED) is 0.811. The molecule has 0 aliphatic heterocycles. The largest absolute Gasteiger partial charge is 0.313 e. The Labute approximate surface area is 127 Å². The van der Waals surface area contributed by atoms with Gasteiger partial charge in [-0.15, -0.1) is 0 Å². The van der Waals surface area contributed by atoms with Gasteiger partial charge < -0.3 is 5.32 Å². The number of rotatable bonds is 8. The van der Waals surface area contributed by atoms with Gasteiger partial charge in [0.2, 0.25) is 0 Å². The number of pyridine rings is 1. The average molecular weight is 286 g/mol. The molecule has 0 saturated carbocycles. The van der Waals surface area contributed by atoms with Crippen LogP contribution in [0.4, 0.5) is 0 Å². The van der Waals surface area contributed by atoms with Gasteiger partial charge in [-0.05, 0) is 45.0 Å². The molecular formula is C17H26N4. The molecule has 2 heterocycles. The molecule has 0 radical (unpaired) electrons. The third-order valence-electron chi connectivity index (χ3n) is 3.51. The van der Waals surface area contributed by atoms with Crippen LogP contribution in [0.3, 0.4) is 0 Å². The van der Waals surface area contributed by atoms with Crippen LogP contribution in [0.15, 0.2) is 36.7 Å². The summed E-state index contributed by atoms with van der Waals surface area (Å²) in [6, 6.07) is 9.02. The minimum Gasteiger partial charge on any atom is -0.313 e. The zero-order valence-electron chi connectivity index (χ0n) is 13.3. The topological polar surface area (TPSA) is 42.7 Å². The first-order valence-corrected chi connectivity index (χ1v) is 7.86. The van der Waals surface area contributed by atoms with Crippen molar-refractivity contribution in [2.45, 2.75) is 52.1 Å². The fourth-order valence-corrected chi connectivity index (χ4v) is 2.36. The van der Waals surface area contributed by atoms with Crippen LogP contribution in [0.2, 0.25) is 0 Å². The molecule has 1 N–H and O–H groups in total. The van der Waals surface area contributed by atoms with Gasteiger partial charge in [-0.3, -0.25) is 9.67 Å². The Morgan fingerprint density at radius 1 is 1.14 bits per heavy atom. The SMILES string of the molecule is CCCNC(Cc1ccccn1)Cc1ccn(C(C)C)n1. The molecule has 0 bridgehead atoms. The van der Waals surface area contributed by atoms with E-state index in [0.29, 0.717) is 12.1 Å². The lowest BCUT2D eigenvalue weighted by Crippen LogP contribution is -2.34. The van der Waals surface area contributed by atoms with Crippen molar-refractivity contribution in [1.29, 1.82) is 0 Å². The maximum atomic E-state index is 4.66. The lowest BCUT2D eigenvalue weighted by molar-refractivity contribution is 0.482. The van der Waals surface area contributed by atoms with Crippen LogP contribution < -0.4 is 5.32 Å². The van der Waals surface area contributed by atoms with Crippen LogP contribution in [0.25, 0.3) is 0 Å². The highest BCUT2D eigenvalue weighted by Crippen LogP contribution is 2.09. The zero-order valence-corrected chi connectivity index (χ0v) is 13.3. The summed E-state index contributed by atoms with van der Waals surface area (Å²) in [4.78, 5) is 4.44. The molecule has 1 atom stereocenters. The number of nitrogens with zero attached hydrogens (tertiary/aromatic N) is 3. The van der Waals surface area contributed by atoms with E-state index in [9.17, 15) is 0 Å². The van der Waals surface area contributed by atoms with Crippen LogP contribution in [0.1, 0.15) is 44.6 Å². The van der Waals surface area contributed by atoms with Crippen molar-refractivity contribution in [2.24, 2.45) is 0 Å². The maximum absolute atomic E-state index is 4.66. The lowest BCUT2D eigenvalue weighted by Gasteiger charge is -2.17. The Morgan fingerprint density at radius 2 is 1.95 bits per heavy atom. The van der Waals surface area contributed by atoms with E-state index in [-0.39, 0.29) is 0 Å². The molecule has 114 valence electrons. The van der Waals surface area contributed by atoms with E-state index in [1.807, 2.05) is 23.0 Å². The third-order valence-corrected chi connectivity index (χ3v) is 3.51. The minimum absolute atomic E-state index is 0.385. The molecule has 4 heteroatoms. The molecule has 0 aliphatic carbocycles. The minimum atomic E-state index is 0.385. The van der Waals surface area contributed by atoms with E-state index in [4.69, 9.17) is 0 Å². The molecule has 0 aliphatic rings. The van der Waals surface area contributed by atoms with Crippen LogP contribution in [0, 0.1) is 0 Å². The van der Waals surface area contributed by atoms with Crippen molar-refractivity contribution in [2.75, 3.05) is 6.54 Å². The van der Waals surface area contributed by atoms with Crippen LogP contribution >= 0.6 is 0 Å². The van der Waals surface area contributed by atoms with Crippen molar-refractivity contribution in [1.82, 2.24) is 20.1 Å². The summed E-state index contributed by atoms with van der Waals surface area (Å²) in [6.07, 6.45) is 6.95. The Hall–Kier alpha value is -1.68. The molecule has 0 fully saturated rings. The first-order chi connectivity index (χ1) is 10.2. The number of hydrogen-bond donors (Lipinski definition) is 1. The molecular weight excluding hydrogens is 260 g/mol. The van der Waals surface area contributed by atoms with Crippen molar-refractivity contribution < 1.29 is 0 Å². The van der Waals surface area contributed by atoms with Crippen molar-refractivity contribution in [3.8, 4) is 0 Å². The van der Waals surface area contributed by atoms with Gasteiger partial charge in [0.1, 0.15) is 0 Å². The fraction of sp³-hybridized carbons (Fsp3) is 0.529. The Bertz CT molecular complexity index is 519. The average Bonchev–Trinajstić information content (AvgIpc) is 2.94. The van der Waals surface area contributed by atoms with Gasteiger partial charge in [0.15, 0.2) is 0 Å². The Balaban J connectivity index is 2.01. The third kappa shape index (κ3) is 4.97. The van der Waals surface area contributed by atoms with E-state index < -0.39 is 0 Å². The summed E-state index contributed by atoms with van der Waals surface area (Å²) in [7, 11) is 0. The van der Waals surface area contributed by atoms with Crippen molar-refractivity contribution in [3.63, 3.8) is 0 Å². The Kier molecular flexibility index (Phi) is 5.93. The summed E-state index contributed by atoms with van der Waals surface area (Å²) >= 11 is 0. The van der Waals surface area contributed by atoms with E-state index in [1.165, 1.54) is 0 Å². The second-order valence-corrected chi connectivity index (χ2v) is 5.76. The number of nitrogens with one attached hydrogen (secondary N) is 1. The molecule has 4 nitrogen and oxygen atoms in total. The van der Waals surface area contributed by atoms with Crippen LogP contribution in [-0.2, 0) is 12.8 Å². The molecule has 2 aromatic rings. The highest BCUT2D eigenvalue weighted by atomic mass is 15.3. The second kappa shape index (κ2) is 7.93. The monoisotopic (exact) mass is 286 g/mol. The van der Waals surface area contributed by atoms with Crippen LogP contribution in [0.5, 0.6) is 0 Å². The van der Waals surface area contributed by atoms with Gasteiger partial charge >= 0.3 is 0 Å². The van der Waals surface area contributed by atoms with Gasteiger partial charge in [-0.1, -0.05) is 13.0 Å². The summed E-state index contributed by atoms with van der Waals surface area (Å²) < 4.78 is 2.02. The van der Waals surface area contributed by atoms with Crippen molar-refractivity contribution >= 4 is 0 Å². The molecule has 0 aromatic carbocycles. The summed E-state index contributed by atoms with van der Waals surface area (Å²) in [6.45, 7) is 7.52. The molecule has 0 spiro atoms. The fourth-order valence-electron chi connectivity index (χ4n) is 2.36. The lowest BCUT2D eigenvalue weighted by atomic mass is 10.1. The van der Waals surface area contributed by atoms with E-state index >= 15 is 0 Å². The first-order valence-electron chi connectivity index (χ1n) is 7.86. The number of hydrogen-bond acceptors (Lipinski definition) is 3. The summed E-state index contributed by atoms with van der Waals surface area (Å²) in [5, 5.41) is 8.27. The summed E-state index contributed by atoms with van der Waals surface area (Å²) in [5.74, 6) is 0. The standard InChI is InChI=1S/C17H26N4/c1-4-9-18-17(12-15-7-5-6-10-19-15)13-16-8-11-21(20-16)14(2)3/h5-8,10-11,14,17-18H,4,9,12-13H2,1-3H3. The first kappa shape index (κ1) is 15.7. The molecule has 2 rings (SSSR count). The van der Waals surface area contributed by atoms with Gasteiger partial charge in [0, 0.05) is 43.0 Å². The molecule has 1 unspecified atom stereocenters. The molecule has 0 amide bonds. The van der Waals surface area contributed by atoms with Gasteiger partial charge in [-0.2, -0.15) is 5.10 Å². The van der Waals surface area contributed by atoms with Gasteiger partial charge in [0.25, 0.3) is 0 Å². The van der Waals surface area contributed by atoms with Crippen LogP contribution in [-0.4, -0.2) is 27.4 Å². The predicted octanol–water partition coefficient (Wildman–Crippen LogP) is 3.01. The highest BCUT2D eigenvalue weighted by Gasteiger charge is 2.13. The molecule has 2 aromatic heterocycles. The van der Waals surface area contributed by atoms with E-state index in [0.717, 1.165) is 37.2 Å². The predicted molar refractivity (Wildman–Crippen MR) is 86.3 cm³/mol. The normalized spacial score (nSPS) is 12.8. The summed E-state index contributed by atoms with van der Waals surface area (Å²) in [5.41, 5.74) is 2.28. The van der Waals surface area contributed by atoms with E-state index in [2.05, 4.69) is 54.5 Å². The maximum Gasteiger partial charge on any atom is 0.0640 e. The number of aromatic nitrogens is 3. The van der Waals surface area contributed by atoms with Crippen molar-refractivity contribution in [3.05, 3.63) is 48.0 Å². The smallest absolute Gasteiger partial charge is 0.0640 e. The molecule has 21 heavy (non-hydrogen) atoms. The molecule has 0 saturated heterocycles. The zero-order chi connectivity index (χ0) is 15.1. The second-order valence-electron chi connectivity index (χ2n) is 5.76. The Morgan fingerprint density at radius 3 is 2.57 bits per heavy atom. The highest BCUT2D eigenvalue weighted by molar-refractivity contribution is 5.08. The van der Waals surface area contributed by atoms with Gasteiger partial charge in [0.05, 0.1) is 5.69 Å². The van der Waals surface area contributed by atoms with Gasteiger partial charge in [-0.25, -0.2) is 0 Å². The van der Waals surface area contributed by atoms with E-state index in [1.54, 1.807) is 0 Å².